The lowest BCUT2D eigenvalue weighted by Gasteiger charge is -2.22. The van der Waals surface area contributed by atoms with Gasteiger partial charge in [-0.1, -0.05) is 19.3 Å². The summed E-state index contributed by atoms with van der Waals surface area (Å²) < 4.78 is 0. The Morgan fingerprint density at radius 1 is 1.38 bits per heavy atom. The molecule has 0 unspecified atom stereocenters. The lowest BCUT2D eigenvalue weighted by atomic mass is 9.89. The maximum Gasteiger partial charge on any atom is 0.143 e. The molecule has 1 aliphatic rings. The van der Waals surface area contributed by atoms with Crippen LogP contribution >= 0.6 is 0 Å². The molecular formula is C13H17N3. The number of rotatable bonds is 3. The summed E-state index contributed by atoms with van der Waals surface area (Å²) in [5.74, 6) is 1.48. The van der Waals surface area contributed by atoms with Crippen LogP contribution in [0.2, 0.25) is 0 Å². The maximum absolute atomic E-state index is 8.93. The van der Waals surface area contributed by atoms with Crippen LogP contribution < -0.4 is 5.32 Å². The molecule has 0 aromatic carbocycles. The number of nitriles is 1. The van der Waals surface area contributed by atoms with E-state index in [2.05, 4.69) is 16.4 Å². The summed E-state index contributed by atoms with van der Waals surface area (Å²) >= 11 is 0. The summed E-state index contributed by atoms with van der Waals surface area (Å²) in [4.78, 5) is 4.20. The molecule has 2 rings (SSSR count). The highest BCUT2D eigenvalue weighted by Crippen LogP contribution is 2.24. The molecule has 3 heteroatoms. The zero-order valence-electron chi connectivity index (χ0n) is 9.45. The third kappa shape index (κ3) is 2.73. The Morgan fingerprint density at radius 2 is 2.19 bits per heavy atom. The van der Waals surface area contributed by atoms with Crippen molar-refractivity contribution in [3.8, 4) is 6.07 Å². The van der Waals surface area contributed by atoms with Gasteiger partial charge in [-0.05, 0) is 30.9 Å². The van der Waals surface area contributed by atoms with Gasteiger partial charge in [-0.2, -0.15) is 5.26 Å². The van der Waals surface area contributed by atoms with Gasteiger partial charge in [0.1, 0.15) is 11.9 Å². The molecule has 1 fully saturated rings. The van der Waals surface area contributed by atoms with Crippen molar-refractivity contribution in [2.24, 2.45) is 5.92 Å². The Labute approximate surface area is 96.5 Å². The molecule has 84 valence electrons. The highest BCUT2D eigenvalue weighted by Gasteiger charge is 2.13. The molecule has 0 bridgehead atoms. The highest BCUT2D eigenvalue weighted by molar-refractivity contribution is 5.51. The number of anilines is 1. The second-order valence-electron chi connectivity index (χ2n) is 4.40. The Morgan fingerprint density at radius 3 is 2.94 bits per heavy atom. The van der Waals surface area contributed by atoms with Crippen LogP contribution in [-0.4, -0.2) is 11.5 Å². The van der Waals surface area contributed by atoms with Crippen molar-refractivity contribution in [2.45, 2.75) is 32.1 Å². The van der Waals surface area contributed by atoms with Crippen LogP contribution in [0, 0.1) is 17.2 Å². The van der Waals surface area contributed by atoms with Crippen molar-refractivity contribution in [3.05, 3.63) is 23.9 Å². The summed E-state index contributed by atoms with van der Waals surface area (Å²) in [5, 5.41) is 12.2. The predicted molar refractivity (Wildman–Crippen MR) is 64.0 cm³/mol. The smallest absolute Gasteiger partial charge is 0.143 e. The van der Waals surface area contributed by atoms with Crippen LogP contribution in [0.25, 0.3) is 0 Å². The molecule has 1 N–H and O–H groups in total. The van der Waals surface area contributed by atoms with E-state index in [1.54, 1.807) is 18.3 Å². The van der Waals surface area contributed by atoms with E-state index in [1.807, 2.05) is 0 Å². The van der Waals surface area contributed by atoms with E-state index in [-0.39, 0.29) is 0 Å². The SMILES string of the molecule is N#Cc1cccnc1NCC1CCCCC1. The summed E-state index contributed by atoms with van der Waals surface area (Å²) in [6, 6.07) is 5.76. The number of nitrogens with one attached hydrogen (secondary N) is 1. The van der Waals surface area contributed by atoms with E-state index in [0.717, 1.165) is 18.3 Å². The number of pyridine rings is 1. The molecule has 1 saturated carbocycles. The van der Waals surface area contributed by atoms with Gasteiger partial charge in [-0.3, -0.25) is 0 Å². The molecule has 1 aromatic heterocycles. The van der Waals surface area contributed by atoms with Crippen LogP contribution in [0.15, 0.2) is 18.3 Å². The minimum atomic E-state index is 0.637. The van der Waals surface area contributed by atoms with E-state index >= 15 is 0 Å². The zero-order valence-corrected chi connectivity index (χ0v) is 9.45. The minimum absolute atomic E-state index is 0.637. The highest BCUT2D eigenvalue weighted by atomic mass is 15.0. The number of nitrogens with zero attached hydrogens (tertiary/aromatic N) is 2. The maximum atomic E-state index is 8.93. The second-order valence-corrected chi connectivity index (χ2v) is 4.40. The van der Waals surface area contributed by atoms with Crippen molar-refractivity contribution in [2.75, 3.05) is 11.9 Å². The quantitative estimate of drug-likeness (QED) is 0.843. The van der Waals surface area contributed by atoms with E-state index in [9.17, 15) is 0 Å². The summed E-state index contributed by atoms with van der Waals surface area (Å²) in [7, 11) is 0. The Kier molecular flexibility index (Phi) is 3.76. The van der Waals surface area contributed by atoms with Crippen molar-refractivity contribution >= 4 is 5.82 Å². The van der Waals surface area contributed by atoms with Crippen molar-refractivity contribution in [3.63, 3.8) is 0 Å². The number of hydrogen-bond acceptors (Lipinski definition) is 3. The third-order valence-corrected chi connectivity index (χ3v) is 3.21. The van der Waals surface area contributed by atoms with Crippen molar-refractivity contribution in [1.82, 2.24) is 4.98 Å². The second kappa shape index (κ2) is 5.50. The van der Waals surface area contributed by atoms with Gasteiger partial charge in [0, 0.05) is 12.7 Å². The topological polar surface area (TPSA) is 48.7 Å². The standard InChI is InChI=1S/C13H17N3/c14-9-12-7-4-8-15-13(12)16-10-11-5-2-1-3-6-11/h4,7-8,11H,1-3,5-6,10H2,(H,15,16). The monoisotopic (exact) mass is 215 g/mol. The Hall–Kier alpha value is -1.56. The van der Waals surface area contributed by atoms with Crippen LogP contribution in [-0.2, 0) is 0 Å². The molecule has 1 aromatic rings. The molecule has 1 aliphatic carbocycles. The van der Waals surface area contributed by atoms with E-state index in [1.165, 1.54) is 32.1 Å². The first-order valence-electron chi connectivity index (χ1n) is 5.99. The van der Waals surface area contributed by atoms with Gasteiger partial charge in [-0.25, -0.2) is 4.98 Å². The molecule has 0 radical (unpaired) electrons. The van der Waals surface area contributed by atoms with Crippen LogP contribution in [0.1, 0.15) is 37.7 Å². The molecule has 0 spiro atoms. The number of aromatic nitrogens is 1. The summed E-state index contributed by atoms with van der Waals surface area (Å²) in [5.41, 5.74) is 0.637. The van der Waals surface area contributed by atoms with Gasteiger partial charge in [-0.15, -0.1) is 0 Å². The van der Waals surface area contributed by atoms with Gasteiger partial charge >= 0.3 is 0 Å². The lowest BCUT2D eigenvalue weighted by molar-refractivity contribution is 0.373. The fraction of sp³-hybridized carbons (Fsp3) is 0.538. The fourth-order valence-corrected chi connectivity index (χ4v) is 2.27. The first-order chi connectivity index (χ1) is 7.90. The average Bonchev–Trinajstić information content (AvgIpc) is 2.38. The van der Waals surface area contributed by atoms with Gasteiger partial charge in [0.25, 0.3) is 0 Å². The molecule has 0 aliphatic heterocycles. The summed E-state index contributed by atoms with van der Waals surface area (Å²) in [6.07, 6.45) is 8.41. The van der Waals surface area contributed by atoms with Gasteiger partial charge in [0.05, 0.1) is 5.56 Å². The van der Waals surface area contributed by atoms with Gasteiger partial charge in [0.15, 0.2) is 0 Å². The molecular weight excluding hydrogens is 198 g/mol. The first-order valence-corrected chi connectivity index (χ1v) is 5.99. The van der Waals surface area contributed by atoms with Gasteiger partial charge in [0.2, 0.25) is 0 Å². The van der Waals surface area contributed by atoms with E-state index in [4.69, 9.17) is 5.26 Å². The Balaban J connectivity index is 1.91. The molecule has 0 amide bonds. The normalized spacial score (nSPS) is 16.7. The van der Waals surface area contributed by atoms with Crippen molar-refractivity contribution < 1.29 is 0 Å². The molecule has 0 atom stereocenters. The summed E-state index contributed by atoms with van der Waals surface area (Å²) in [6.45, 7) is 0.950. The molecule has 1 heterocycles. The predicted octanol–water partition coefficient (Wildman–Crippen LogP) is 2.95. The van der Waals surface area contributed by atoms with Gasteiger partial charge < -0.3 is 5.32 Å². The fourth-order valence-electron chi connectivity index (χ4n) is 2.27. The van der Waals surface area contributed by atoms with E-state index < -0.39 is 0 Å². The average molecular weight is 215 g/mol. The van der Waals surface area contributed by atoms with Crippen LogP contribution in [0.4, 0.5) is 5.82 Å². The minimum Gasteiger partial charge on any atom is -0.369 e. The van der Waals surface area contributed by atoms with Crippen LogP contribution in [0.5, 0.6) is 0 Å². The molecule has 0 saturated heterocycles. The van der Waals surface area contributed by atoms with Crippen molar-refractivity contribution in [1.29, 1.82) is 5.26 Å². The first kappa shape index (κ1) is 10.9. The molecule has 3 nitrogen and oxygen atoms in total. The Bertz CT molecular complexity index is 375. The lowest BCUT2D eigenvalue weighted by Crippen LogP contribution is -2.18. The molecule has 16 heavy (non-hydrogen) atoms. The largest absolute Gasteiger partial charge is 0.369 e. The third-order valence-electron chi connectivity index (χ3n) is 3.21. The van der Waals surface area contributed by atoms with E-state index in [0.29, 0.717) is 5.56 Å². The van der Waals surface area contributed by atoms with Crippen LogP contribution in [0.3, 0.4) is 0 Å². The zero-order chi connectivity index (χ0) is 11.2. The number of hydrogen-bond donors (Lipinski definition) is 1.